The number of amidine groups is 1. The number of anilines is 2. The number of ether oxygens (including phenoxy) is 1. The van der Waals surface area contributed by atoms with E-state index in [-0.39, 0.29) is 32.4 Å². The second-order valence-corrected chi connectivity index (χ2v) is 12.6. The van der Waals surface area contributed by atoms with Crippen molar-refractivity contribution >= 4 is 29.2 Å². The molecule has 0 saturated heterocycles. The molecule has 0 unspecified atom stereocenters. The molecule has 0 radical (unpaired) electrons. The molecule has 2 heterocycles. The normalized spacial score (nSPS) is 17.2. The van der Waals surface area contributed by atoms with Crippen LogP contribution in [0.4, 0.5) is 24.5 Å². The first-order valence-corrected chi connectivity index (χ1v) is 15.8. The average molecular weight is 668 g/mol. The highest BCUT2D eigenvalue weighted by atomic mass is 19.4. The number of nitrogens with one attached hydrogen (secondary N) is 3. The van der Waals surface area contributed by atoms with Crippen LogP contribution in [0.15, 0.2) is 71.7 Å². The fraction of sp³-hybridized carbons (Fsp3) is 0.400. The number of carbonyl (C=O) groups is 2. The summed E-state index contributed by atoms with van der Waals surface area (Å²) in [7, 11) is 0. The highest BCUT2D eigenvalue weighted by Crippen LogP contribution is 2.36. The fourth-order valence-corrected chi connectivity index (χ4v) is 5.76. The summed E-state index contributed by atoms with van der Waals surface area (Å²) >= 11 is 0. The number of alkyl halides is 3. The molecule has 0 aliphatic carbocycles. The number of nitrogens with zero attached hydrogens (tertiary/aromatic N) is 2. The lowest BCUT2D eigenvalue weighted by Crippen LogP contribution is -2.51. The van der Waals surface area contributed by atoms with Crippen LogP contribution in [0.3, 0.4) is 0 Å². The monoisotopic (exact) mass is 667 g/mol. The van der Waals surface area contributed by atoms with Crippen LogP contribution in [0, 0.1) is 0 Å². The van der Waals surface area contributed by atoms with Gasteiger partial charge in [0.05, 0.1) is 37.1 Å². The first-order chi connectivity index (χ1) is 22.8. The maximum atomic E-state index is 14.0. The van der Waals surface area contributed by atoms with Crippen LogP contribution in [0.2, 0.25) is 0 Å². The summed E-state index contributed by atoms with van der Waals surface area (Å²) in [5.74, 6) is -0.865. The first kappa shape index (κ1) is 34.9. The van der Waals surface area contributed by atoms with Gasteiger partial charge in [-0.3, -0.25) is 9.59 Å². The minimum absolute atomic E-state index is 0.0443. The van der Waals surface area contributed by atoms with Gasteiger partial charge in [-0.15, -0.1) is 0 Å². The molecule has 2 aliphatic rings. The lowest BCUT2D eigenvalue weighted by Gasteiger charge is -2.29. The van der Waals surface area contributed by atoms with Crippen LogP contribution in [-0.2, 0) is 33.5 Å². The molecule has 0 spiro atoms. The van der Waals surface area contributed by atoms with Crippen LogP contribution in [0.5, 0.6) is 0 Å². The van der Waals surface area contributed by atoms with Gasteiger partial charge in [0.25, 0.3) is 6.02 Å². The molecule has 2 amide bonds. The minimum atomic E-state index is -4.55. The number of aliphatic imine (C=N–C) groups is 1. The Bertz CT molecular complexity index is 1640. The third kappa shape index (κ3) is 8.71. The number of β-amino-alcohol motifs (C(OH)–C–C–N with tert-alkyl or cyclic N) is 1. The smallest absolute Gasteiger partial charge is 0.416 e. The lowest BCUT2D eigenvalue weighted by molar-refractivity contribution is -0.137. The zero-order valence-electron chi connectivity index (χ0n) is 26.8. The molecule has 48 heavy (non-hydrogen) atoms. The Morgan fingerprint density at radius 1 is 1.10 bits per heavy atom. The van der Waals surface area contributed by atoms with E-state index >= 15 is 0 Å². The number of benzene rings is 3. The predicted octanol–water partition coefficient (Wildman–Crippen LogP) is 4.25. The summed E-state index contributed by atoms with van der Waals surface area (Å²) in [4.78, 5) is 32.9. The number of rotatable bonds is 11. The second kappa shape index (κ2) is 14.8. The molecule has 2 aliphatic heterocycles. The van der Waals surface area contributed by atoms with Crippen molar-refractivity contribution < 1.29 is 37.7 Å². The third-order valence-electron chi connectivity index (χ3n) is 8.29. The summed E-state index contributed by atoms with van der Waals surface area (Å²) in [5.41, 5.74) is 2.50. The van der Waals surface area contributed by atoms with Gasteiger partial charge in [0.15, 0.2) is 0 Å². The van der Waals surface area contributed by atoms with E-state index in [1.54, 1.807) is 13.8 Å². The number of aliphatic hydroxyl groups excluding tert-OH is 2. The van der Waals surface area contributed by atoms with Crippen molar-refractivity contribution in [3.8, 4) is 11.1 Å². The standard InChI is InChI=1S/C35H40F3N5O5/c1-34(2,40-19-26(45)21-44)18-31(46)41-29-13-11-24-17-25(35(36,37)38)12-14-30(24)43(32(29)47)20-22-7-9-23(10-8-22)27-5-3-4-6-28(27)42-33-39-15-16-48-33/h3-10,12,14,17,26,29,40,44-45H,11,13,15-16,18-21H2,1-2H3,(H,39,42)(H,41,46)/t26-,29+/m0/s1. The number of hydrogen-bond acceptors (Lipinski definition) is 8. The zero-order valence-corrected chi connectivity index (χ0v) is 26.8. The first-order valence-electron chi connectivity index (χ1n) is 15.8. The Hall–Kier alpha value is -4.46. The van der Waals surface area contributed by atoms with Crippen LogP contribution in [-0.4, -0.2) is 72.0 Å². The summed E-state index contributed by atoms with van der Waals surface area (Å²) in [6.07, 6.45) is -5.33. The molecule has 0 saturated carbocycles. The topological polar surface area (TPSA) is 136 Å². The molecule has 0 bridgehead atoms. The van der Waals surface area contributed by atoms with Crippen LogP contribution >= 0.6 is 0 Å². The van der Waals surface area contributed by atoms with E-state index in [1.807, 2.05) is 48.5 Å². The van der Waals surface area contributed by atoms with E-state index in [4.69, 9.17) is 9.84 Å². The van der Waals surface area contributed by atoms with Gasteiger partial charge in [-0.2, -0.15) is 13.2 Å². The Morgan fingerprint density at radius 3 is 2.54 bits per heavy atom. The Labute approximate surface area is 277 Å². The molecule has 2 atom stereocenters. The van der Waals surface area contributed by atoms with Gasteiger partial charge in [0, 0.05) is 29.8 Å². The van der Waals surface area contributed by atoms with E-state index in [1.165, 1.54) is 11.0 Å². The van der Waals surface area contributed by atoms with Gasteiger partial charge in [-0.05, 0) is 67.6 Å². The molecule has 0 fully saturated rings. The van der Waals surface area contributed by atoms with E-state index in [2.05, 4.69) is 20.9 Å². The molecule has 10 nitrogen and oxygen atoms in total. The van der Waals surface area contributed by atoms with Gasteiger partial charge in [0.1, 0.15) is 12.6 Å². The van der Waals surface area contributed by atoms with E-state index in [0.29, 0.717) is 30.4 Å². The average Bonchev–Trinajstić information content (AvgIpc) is 3.53. The molecule has 5 rings (SSSR count). The van der Waals surface area contributed by atoms with Crippen molar-refractivity contribution in [2.45, 2.75) is 63.5 Å². The maximum Gasteiger partial charge on any atom is 0.416 e. The van der Waals surface area contributed by atoms with Crippen molar-refractivity contribution in [2.75, 3.05) is 36.5 Å². The maximum absolute atomic E-state index is 14.0. The zero-order chi connectivity index (χ0) is 34.5. The van der Waals surface area contributed by atoms with Crippen LogP contribution in [0.1, 0.15) is 43.4 Å². The highest BCUT2D eigenvalue weighted by molar-refractivity contribution is 6.00. The van der Waals surface area contributed by atoms with Gasteiger partial charge >= 0.3 is 6.18 Å². The van der Waals surface area contributed by atoms with Crippen molar-refractivity contribution in [1.82, 2.24) is 10.6 Å². The molecule has 3 aromatic carbocycles. The van der Waals surface area contributed by atoms with Crippen molar-refractivity contribution in [3.05, 3.63) is 83.4 Å². The summed E-state index contributed by atoms with van der Waals surface area (Å²) in [5, 5.41) is 27.8. The van der Waals surface area contributed by atoms with Crippen molar-refractivity contribution in [2.24, 2.45) is 4.99 Å². The van der Waals surface area contributed by atoms with E-state index in [9.17, 15) is 27.9 Å². The number of para-hydroxylation sites is 1. The summed E-state index contributed by atoms with van der Waals surface area (Å²) in [6, 6.07) is 18.1. The quantitative estimate of drug-likeness (QED) is 0.207. The number of amides is 2. The molecule has 0 aromatic heterocycles. The third-order valence-corrected chi connectivity index (χ3v) is 8.29. The van der Waals surface area contributed by atoms with Gasteiger partial charge < -0.3 is 35.8 Å². The number of fused-ring (bicyclic) bond motifs is 1. The minimum Gasteiger partial charge on any atom is -0.463 e. The van der Waals surface area contributed by atoms with Crippen LogP contribution in [0.25, 0.3) is 11.1 Å². The summed E-state index contributed by atoms with van der Waals surface area (Å²) in [6.45, 7) is 4.31. The molecular formula is C35H40F3N5O5. The second-order valence-electron chi connectivity index (χ2n) is 12.6. The van der Waals surface area contributed by atoms with Crippen molar-refractivity contribution in [1.29, 1.82) is 0 Å². The molecule has 5 N–H and O–H groups in total. The fourth-order valence-electron chi connectivity index (χ4n) is 5.76. The number of halogens is 3. The van der Waals surface area contributed by atoms with E-state index in [0.717, 1.165) is 34.5 Å². The van der Waals surface area contributed by atoms with Crippen molar-refractivity contribution in [3.63, 3.8) is 0 Å². The number of carbonyl (C=O) groups excluding carboxylic acids is 2. The highest BCUT2D eigenvalue weighted by Gasteiger charge is 2.36. The lowest BCUT2D eigenvalue weighted by atomic mass is 9.99. The SMILES string of the molecule is CC(C)(CC(=O)N[C@@H]1CCc2cc(C(F)(F)F)ccc2N(Cc2ccc(-c3ccccc3NC3=NCCO3)cc2)C1=O)NC[C@H](O)CO. The number of aliphatic hydroxyl groups is 2. The van der Waals surface area contributed by atoms with Crippen LogP contribution < -0.4 is 20.9 Å². The largest absolute Gasteiger partial charge is 0.463 e. The Morgan fingerprint density at radius 2 is 1.85 bits per heavy atom. The van der Waals surface area contributed by atoms with Gasteiger partial charge in [-0.25, -0.2) is 4.99 Å². The Kier molecular flexibility index (Phi) is 10.7. The predicted molar refractivity (Wildman–Crippen MR) is 176 cm³/mol. The molecule has 256 valence electrons. The van der Waals surface area contributed by atoms with Gasteiger partial charge in [0.2, 0.25) is 11.8 Å². The summed E-state index contributed by atoms with van der Waals surface area (Å²) < 4.78 is 46.4. The van der Waals surface area contributed by atoms with Gasteiger partial charge in [-0.1, -0.05) is 42.5 Å². The molecular weight excluding hydrogens is 627 g/mol. The van der Waals surface area contributed by atoms with E-state index < -0.39 is 47.8 Å². The Balaban J connectivity index is 1.37. The number of hydrogen-bond donors (Lipinski definition) is 5. The molecule has 13 heteroatoms. The molecule has 3 aromatic rings. The number of aryl methyl sites for hydroxylation is 1.